The minimum atomic E-state index is -0.235. The first-order valence-electron chi connectivity index (χ1n) is 5.97. The molecule has 5 nitrogen and oxygen atoms in total. The van der Waals surface area contributed by atoms with Gasteiger partial charge in [-0.05, 0) is 38.1 Å². The fourth-order valence-corrected chi connectivity index (χ4v) is 1.77. The Hall–Kier alpha value is -2.61. The Morgan fingerprint density at radius 3 is 2.89 bits per heavy atom. The number of amides is 1. The van der Waals surface area contributed by atoms with Crippen LogP contribution in [0.5, 0.6) is 0 Å². The third-order valence-electron chi connectivity index (χ3n) is 2.64. The molecule has 1 aromatic heterocycles. The van der Waals surface area contributed by atoms with Crippen molar-refractivity contribution in [3.8, 4) is 6.07 Å². The van der Waals surface area contributed by atoms with Crippen molar-refractivity contribution < 1.29 is 4.79 Å². The van der Waals surface area contributed by atoms with Gasteiger partial charge < -0.3 is 5.32 Å². The lowest BCUT2D eigenvalue weighted by molar-refractivity contribution is 0.101. The molecule has 19 heavy (non-hydrogen) atoms. The van der Waals surface area contributed by atoms with Crippen molar-refractivity contribution in [3.05, 3.63) is 47.8 Å². The number of hydrogen-bond acceptors (Lipinski definition) is 3. The highest BCUT2D eigenvalue weighted by molar-refractivity contribution is 6.03. The molecule has 1 heterocycles. The van der Waals surface area contributed by atoms with Gasteiger partial charge in [-0.25, -0.2) is 0 Å². The fraction of sp³-hybridized carbons (Fsp3) is 0.214. The molecule has 1 N–H and O–H groups in total. The van der Waals surface area contributed by atoms with Gasteiger partial charge in [-0.1, -0.05) is 6.07 Å². The number of aromatic nitrogens is 2. The lowest BCUT2D eigenvalue weighted by Crippen LogP contribution is -2.19. The number of rotatable bonds is 3. The molecule has 0 saturated carbocycles. The van der Waals surface area contributed by atoms with E-state index in [0.717, 1.165) is 0 Å². The van der Waals surface area contributed by atoms with Crippen molar-refractivity contribution in [2.24, 2.45) is 0 Å². The second-order valence-electron chi connectivity index (χ2n) is 4.40. The van der Waals surface area contributed by atoms with Crippen molar-refractivity contribution in [3.63, 3.8) is 0 Å². The molecule has 0 aliphatic heterocycles. The zero-order valence-corrected chi connectivity index (χ0v) is 10.8. The van der Waals surface area contributed by atoms with Gasteiger partial charge in [-0.15, -0.1) is 0 Å². The van der Waals surface area contributed by atoms with Gasteiger partial charge in [0.05, 0.1) is 11.6 Å². The molecular formula is C14H14N4O. The molecule has 0 atom stereocenters. The summed E-state index contributed by atoms with van der Waals surface area (Å²) < 4.78 is 1.66. The largest absolute Gasteiger partial charge is 0.321 e. The van der Waals surface area contributed by atoms with Crippen LogP contribution in [0.25, 0.3) is 0 Å². The Balaban J connectivity index is 2.21. The number of nitriles is 1. The fourth-order valence-electron chi connectivity index (χ4n) is 1.77. The summed E-state index contributed by atoms with van der Waals surface area (Å²) in [4.78, 5) is 12.1. The van der Waals surface area contributed by atoms with E-state index in [1.807, 2.05) is 19.9 Å². The molecule has 0 radical (unpaired) electrons. The van der Waals surface area contributed by atoms with Crippen LogP contribution < -0.4 is 5.32 Å². The number of nitrogens with zero attached hydrogens (tertiary/aromatic N) is 3. The van der Waals surface area contributed by atoms with Crippen LogP contribution in [0.15, 0.2) is 36.5 Å². The highest BCUT2D eigenvalue weighted by atomic mass is 16.2. The quantitative estimate of drug-likeness (QED) is 0.915. The molecule has 96 valence electrons. The molecule has 0 spiro atoms. The number of hydrogen-bond donors (Lipinski definition) is 1. The monoisotopic (exact) mass is 254 g/mol. The molecule has 0 fully saturated rings. The Morgan fingerprint density at radius 1 is 1.42 bits per heavy atom. The summed E-state index contributed by atoms with van der Waals surface area (Å²) in [5, 5.41) is 15.7. The minimum absolute atomic E-state index is 0.112. The van der Waals surface area contributed by atoms with E-state index in [1.54, 1.807) is 41.2 Å². The Morgan fingerprint density at radius 2 is 2.21 bits per heavy atom. The molecule has 0 bridgehead atoms. The summed E-state index contributed by atoms with van der Waals surface area (Å²) in [7, 11) is 0. The van der Waals surface area contributed by atoms with E-state index in [0.29, 0.717) is 16.9 Å². The van der Waals surface area contributed by atoms with Gasteiger partial charge in [0, 0.05) is 17.9 Å². The van der Waals surface area contributed by atoms with Crippen molar-refractivity contribution in [2.75, 3.05) is 5.32 Å². The normalized spacial score (nSPS) is 10.2. The summed E-state index contributed by atoms with van der Waals surface area (Å²) in [5.74, 6) is -0.235. The van der Waals surface area contributed by atoms with E-state index in [4.69, 9.17) is 5.26 Å². The van der Waals surface area contributed by atoms with Gasteiger partial charge in [-0.3, -0.25) is 9.48 Å². The molecule has 0 unspecified atom stereocenters. The summed E-state index contributed by atoms with van der Waals surface area (Å²) in [6.45, 7) is 3.92. The van der Waals surface area contributed by atoms with Gasteiger partial charge in [0.15, 0.2) is 0 Å². The van der Waals surface area contributed by atoms with Crippen molar-refractivity contribution in [1.82, 2.24) is 9.78 Å². The van der Waals surface area contributed by atoms with E-state index < -0.39 is 0 Å². The first-order valence-corrected chi connectivity index (χ1v) is 5.97. The SMILES string of the molecule is CC(C)n1nccc1C(=O)Nc1cccc(C#N)c1. The molecule has 2 rings (SSSR count). The van der Waals surface area contributed by atoms with E-state index in [9.17, 15) is 4.79 Å². The molecule has 0 saturated heterocycles. The van der Waals surface area contributed by atoms with E-state index in [1.165, 1.54) is 0 Å². The number of carbonyl (C=O) groups is 1. The molecule has 1 amide bonds. The van der Waals surface area contributed by atoms with Crippen molar-refractivity contribution in [1.29, 1.82) is 5.26 Å². The predicted molar refractivity (Wildman–Crippen MR) is 71.7 cm³/mol. The maximum absolute atomic E-state index is 12.1. The molecule has 2 aromatic rings. The molecular weight excluding hydrogens is 240 g/mol. The number of nitrogens with one attached hydrogen (secondary N) is 1. The van der Waals surface area contributed by atoms with E-state index >= 15 is 0 Å². The van der Waals surface area contributed by atoms with Gasteiger partial charge in [0.25, 0.3) is 5.91 Å². The maximum Gasteiger partial charge on any atom is 0.273 e. The molecule has 1 aromatic carbocycles. The smallest absolute Gasteiger partial charge is 0.273 e. The highest BCUT2D eigenvalue weighted by Crippen LogP contribution is 2.13. The zero-order chi connectivity index (χ0) is 13.8. The second-order valence-corrected chi connectivity index (χ2v) is 4.40. The van der Waals surface area contributed by atoms with Crippen molar-refractivity contribution in [2.45, 2.75) is 19.9 Å². The van der Waals surface area contributed by atoms with Crippen LogP contribution in [-0.2, 0) is 0 Å². The van der Waals surface area contributed by atoms with Crippen LogP contribution in [0.4, 0.5) is 5.69 Å². The second kappa shape index (κ2) is 5.36. The van der Waals surface area contributed by atoms with Gasteiger partial charge >= 0.3 is 0 Å². The predicted octanol–water partition coefficient (Wildman–Crippen LogP) is 2.59. The third kappa shape index (κ3) is 2.80. The summed E-state index contributed by atoms with van der Waals surface area (Å²) >= 11 is 0. The van der Waals surface area contributed by atoms with Crippen molar-refractivity contribution >= 4 is 11.6 Å². The van der Waals surface area contributed by atoms with Crippen LogP contribution in [-0.4, -0.2) is 15.7 Å². The van der Waals surface area contributed by atoms with Gasteiger partial charge in [0.2, 0.25) is 0 Å². The topological polar surface area (TPSA) is 70.7 Å². The standard InChI is InChI=1S/C14H14N4O/c1-10(2)18-13(6-7-16-18)14(19)17-12-5-3-4-11(8-12)9-15/h3-8,10H,1-2H3,(H,17,19). The lowest BCUT2D eigenvalue weighted by atomic mass is 10.2. The van der Waals surface area contributed by atoms with Crippen LogP contribution in [0, 0.1) is 11.3 Å². The highest BCUT2D eigenvalue weighted by Gasteiger charge is 2.14. The summed E-state index contributed by atoms with van der Waals surface area (Å²) in [6.07, 6.45) is 1.60. The van der Waals surface area contributed by atoms with E-state index in [-0.39, 0.29) is 11.9 Å². The number of benzene rings is 1. The molecule has 0 aliphatic carbocycles. The minimum Gasteiger partial charge on any atom is -0.321 e. The van der Waals surface area contributed by atoms with Crippen LogP contribution >= 0.6 is 0 Å². The first-order chi connectivity index (χ1) is 9.11. The third-order valence-corrected chi connectivity index (χ3v) is 2.64. The van der Waals surface area contributed by atoms with E-state index in [2.05, 4.69) is 10.4 Å². The summed E-state index contributed by atoms with van der Waals surface area (Å²) in [5.41, 5.74) is 1.60. The van der Waals surface area contributed by atoms with Gasteiger partial charge in [0.1, 0.15) is 5.69 Å². The number of anilines is 1. The average molecular weight is 254 g/mol. The Labute approximate surface area is 111 Å². The first kappa shape index (κ1) is 12.8. The maximum atomic E-state index is 12.1. The van der Waals surface area contributed by atoms with Crippen LogP contribution in [0.1, 0.15) is 35.9 Å². The molecule has 0 aliphatic rings. The lowest BCUT2D eigenvalue weighted by Gasteiger charge is -2.11. The summed E-state index contributed by atoms with van der Waals surface area (Å²) in [6, 6.07) is 10.6. The van der Waals surface area contributed by atoms with Gasteiger partial charge in [-0.2, -0.15) is 10.4 Å². The molecule has 5 heteroatoms. The Bertz CT molecular complexity index is 637. The zero-order valence-electron chi connectivity index (χ0n) is 10.8. The average Bonchev–Trinajstić information content (AvgIpc) is 2.88. The van der Waals surface area contributed by atoms with Crippen LogP contribution in [0.2, 0.25) is 0 Å². The Kier molecular flexibility index (Phi) is 3.62. The number of carbonyl (C=O) groups excluding carboxylic acids is 1. The van der Waals surface area contributed by atoms with Crippen LogP contribution in [0.3, 0.4) is 0 Å².